The molecule has 0 radical (unpaired) electrons. The summed E-state index contributed by atoms with van der Waals surface area (Å²) in [6, 6.07) is -0.972. The molecule has 1 aromatic rings. The monoisotopic (exact) mass is 316 g/mol. The average Bonchev–Trinajstić information content (AvgIpc) is 2.84. The molecule has 1 unspecified atom stereocenters. The first-order chi connectivity index (χ1) is 9.82. The Labute approximate surface area is 124 Å². The Balaban J connectivity index is 2.17. The number of aromatic nitrogens is 2. The SMILES string of the molecule is CN(Cc1cnn(C)c1)S(=O)(=O)N1CCCCC1C(=O)O. The van der Waals surface area contributed by atoms with Gasteiger partial charge in [-0.15, -0.1) is 0 Å². The molecule has 1 aromatic heterocycles. The first kappa shape index (κ1) is 15.9. The van der Waals surface area contributed by atoms with Gasteiger partial charge in [0, 0.05) is 38.9 Å². The maximum absolute atomic E-state index is 12.6. The molecular formula is C12H20N4O4S. The van der Waals surface area contributed by atoms with Crippen LogP contribution in [0.1, 0.15) is 24.8 Å². The maximum Gasteiger partial charge on any atom is 0.322 e. The van der Waals surface area contributed by atoms with Crippen LogP contribution in [0.3, 0.4) is 0 Å². The third-order valence-electron chi connectivity index (χ3n) is 3.59. The Hall–Kier alpha value is -1.45. The van der Waals surface area contributed by atoms with Crippen molar-refractivity contribution in [2.75, 3.05) is 13.6 Å². The van der Waals surface area contributed by atoms with Gasteiger partial charge in [-0.05, 0) is 19.3 Å². The van der Waals surface area contributed by atoms with E-state index in [9.17, 15) is 18.3 Å². The van der Waals surface area contributed by atoms with Gasteiger partial charge >= 0.3 is 5.97 Å². The molecule has 1 fully saturated rings. The van der Waals surface area contributed by atoms with E-state index in [0.717, 1.165) is 16.3 Å². The Morgan fingerprint density at radius 2 is 2.24 bits per heavy atom. The Morgan fingerprint density at radius 1 is 1.52 bits per heavy atom. The fourth-order valence-corrected chi connectivity index (χ4v) is 4.05. The summed E-state index contributed by atoms with van der Waals surface area (Å²) >= 11 is 0. The number of aryl methyl sites for hydroxylation is 1. The molecule has 1 aliphatic rings. The van der Waals surface area contributed by atoms with Crippen molar-refractivity contribution in [1.29, 1.82) is 0 Å². The van der Waals surface area contributed by atoms with E-state index in [2.05, 4.69) is 5.10 Å². The number of hydrogen-bond acceptors (Lipinski definition) is 4. The molecule has 1 saturated heterocycles. The summed E-state index contributed by atoms with van der Waals surface area (Å²) in [6.07, 6.45) is 5.10. The van der Waals surface area contributed by atoms with Crippen molar-refractivity contribution in [2.45, 2.75) is 31.8 Å². The van der Waals surface area contributed by atoms with Gasteiger partial charge in [0.05, 0.1) is 6.20 Å². The van der Waals surface area contributed by atoms with Crippen molar-refractivity contribution in [1.82, 2.24) is 18.4 Å². The minimum atomic E-state index is -3.80. The minimum absolute atomic E-state index is 0.166. The Bertz CT molecular complexity index is 613. The molecule has 9 heteroatoms. The highest BCUT2D eigenvalue weighted by Gasteiger charge is 2.38. The normalized spacial score (nSPS) is 20.8. The molecule has 1 N–H and O–H groups in total. The molecule has 0 amide bonds. The van der Waals surface area contributed by atoms with Crippen LogP contribution in [0.25, 0.3) is 0 Å². The molecule has 1 aliphatic heterocycles. The predicted molar refractivity (Wildman–Crippen MR) is 75.6 cm³/mol. The van der Waals surface area contributed by atoms with Gasteiger partial charge in [0.25, 0.3) is 10.2 Å². The number of hydrogen-bond donors (Lipinski definition) is 1. The van der Waals surface area contributed by atoms with Crippen LogP contribution in [-0.2, 0) is 28.6 Å². The van der Waals surface area contributed by atoms with E-state index in [1.807, 2.05) is 0 Å². The number of aliphatic carboxylic acids is 1. The van der Waals surface area contributed by atoms with Gasteiger partial charge < -0.3 is 5.11 Å². The Morgan fingerprint density at radius 3 is 2.81 bits per heavy atom. The highest BCUT2D eigenvalue weighted by molar-refractivity contribution is 7.86. The number of carbonyl (C=O) groups is 1. The lowest BCUT2D eigenvalue weighted by Crippen LogP contribution is -2.52. The largest absolute Gasteiger partial charge is 0.480 e. The van der Waals surface area contributed by atoms with Gasteiger partial charge in [0.1, 0.15) is 6.04 Å². The van der Waals surface area contributed by atoms with E-state index in [0.29, 0.717) is 12.8 Å². The van der Waals surface area contributed by atoms with Crippen LogP contribution in [0.15, 0.2) is 12.4 Å². The zero-order valence-electron chi connectivity index (χ0n) is 12.1. The van der Waals surface area contributed by atoms with Crippen molar-refractivity contribution < 1.29 is 18.3 Å². The minimum Gasteiger partial charge on any atom is -0.480 e. The first-order valence-electron chi connectivity index (χ1n) is 6.76. The second-order valence-electron chi connectivity index (χ2n) is 5.25. The van der Waals surface area contributed by atoms with Crippen LogP contribution in [0.4, 0.5) is 0 Å². The summed E-state index contributed by atoms with van der Waals surface area (Å²) < 4.78 is 29.0. The molecule has 0 bridgehead atoms. The third kappa shape index (κ3) is 3.42. The van der Waals surface area contributed by atoms with Crippen molar-refractivity contribution >= 4 is 16.2 Å². The van der Waals surface area contributed by atoms with Gasteiger partial charge in [0.2, 0.25) is 0 Å². The highest BCUT2D eigenvalue weighted by Crippen LogP contribution is 2.23. The van der Waals surface area contributed by atoms with Gasteiger partial charge in [0.15, 0.2) is 0 Å². The molecule has 2 rings (SSSR count). The highest BCUT2D eigenvalue weighted by atomic mass is 32.2. The van der Waals surface area contributed by atoms with Crippen molar-refractivity contribution in [3.8, 4) is 0 Å². The molecule has 0 saturated carbocycles. The van der Waals surface area contributed by atoms with Crippen LogP contribution >= 0.6 is 0 Å². The van der Waals surface area contributed by atoms with E-state index in [1.54, 1.807) is 24.1 Å². The second kappa shape index (κ2) is 6.12. The lowest BCUT2D eigenvalue weighted by molar-refractivity contribution is -0.142. The quantitative estimate of drug-likeness (QED) is 0.827. The summed E-state index contributed by atoms with van der Waals surface area (Å²) in [5, 5.41) is 13.2. The van der Waals surface area contributed by atoms with E-state index < -0.39 is 22.2 Å². The molecule has 0 aromatic carbocycles. The van der Waals surface area contributed by atoms with Crippen molar-refractivity contribution in [3.05, 3.63) is 18.0 Å². The lowest BCUT2D eigenvalue weighted by Gasteiger charge is -2.34. The van der Waals surface area contributed by atoms with Crippen LogP contribution in [0.5, 0.6) is 0 Å². The molecule has 0 aliphatic carbocycles. The molecule has 21 heavy (non-hydrogen) atoms. The van der Waals surface area contributed by atoms with Crippen LogP contribution in [0, 0.1) is 0 Å². The van der Waals surface area contributed by atoms with Crippen LogP contribution in [0.2, 0.25) is 0 Å². The van der Waals surface area contributed by atoms with E-state index in [-0.39, 0.29) is 13.1 Å². The molecule has 0 spiro atoms. The summed E-state index contributed by atoms with van der Waals surface area (Å²) in [7, 11) is -0.589. The van der Waals surface area contributed by atoms with E-state index in [1.165, 1.54) is 11.4 Å². The number of carboxylic acids is 1. The van der Waals surface area contributed by atoms with E-state index in [4.69, 9.17) is 0 Å². The third-order valence-corrected chi connectivity index (χ3v) is 5.54. The molecule has 1 atom stereocenters. The lowest BCUT2D eigenvalue weighted by atomic mass is 10.1. The molecule has 2 heterocycles. The maximum atomic E-state index is 12.6. The van der Waals surface area contributed by atoms with Gasteiger partial charge in [-0.3, -0.25) is 9.48 Å². The van der Waals surface area contributed by atoms with Crippen molar-refractivity contribution in [3.63, 3.8) is 0 Å². The molecule has 118 valence electrons. The topological polar surface area (TPSA) is 95.7 Å². The number of rotatable bonds is 5. The van der Waals surface area contributed by atoms with Gasteiger partial charge in [-0.1, -0.05) is 0 Å². The summed E-state index contributed by atoms with van der Waals surface area (Å²) in [6.45, 7) is 0.412. The van der Waals surface area contributed by atoms with E-state index >= 15 is 0 Å². The Kier molecular flexibility index (Phi) is 4.64. The smallest absolute Gasteiger partial charge is 0.322 e. The zero-order chi connectivity index (χ0) is 15.6. The van der Waals surface area contributed by atoms with Gasteiger partial charge in [-0.25, -0.2) is 0 Å². The molecular weight excluding hydrogens is 296 g/mol. The van der Waals surface area contributed by atoms with Gasteiger partial charge in [-0.2, -0.15) is 22.1 Å². The average molecular weight is 316 g/mol. The second-order valence-corrected chi connectivity index (χ2v) is 7.23. The standard InChI is InChI=1S/C12H20N4O4S/c1-14-8-10(7-13-14)9-15(2)21(19,20)16-6-4-3-5-11(16)12(17)18/h7-8,11H,3-6,9H2,1-2H3,(H,17,18). The summed E-state index contributed by atoms with van der Waals surface area (Å²) in [4.78, 5) is 11.3. The number of carboxylic acid groups (broad SMARTS) is 1. The van der Waals surface area contributed by atoms with Crippen molar-refractivity contribution in [2.24, 2.45) is 7.05 Å². The number of piperidine rings is 1. The fraction of sp³-hybridized carbons (Fsp3) is 0.667. The van der Waals surface area contributed by atoms with Crippen LogP contribution < -0.4 is 0 Å². The summed E-state index contributed by atoms with van der Waals surface area (Å²) in [5.41, 5.74) is 0.757. The first-order valence-corrected chi connectivity index (χ1v) is 8.15. The van der Waals surface area contributed by atoms with Crippen LogP contribution in [-0.4, -0.2) is 57.5 Å². The zero-order valence-corrected chi connectivity index (χ0v) is 13.0. The predicted octanol–water partition coefficient (Wildman–Crippen LogP) is 0.0358. The summed E-state index contributed by atoms with van der Waals surface area (Å²) in [5.74, 6) is -1.09. The molecule has 8 nitrogen and oxygen atoms in total. The number of nitrogens with zero attached hydrogens (tertiary/aromatic N) is 4. The fourth-order valence-electron chi connectivity index (χ4n) is 2.50.